The molecule has 0 aromatic carbocycles. The Kier molecular flexibility index (Phi) is 3.22. The molecule has 0 unspecified atom stereocenters. The fraction of sp³-hybridized carbons (Fsp3) is 0.583. The lowest BCUT2D eigenvalue weighted by molar-refractivity contribution is 0.101. The Labute approximate surface area is 110 Å². The topological polar surface area (TPSA) is 52.3 Å². The van der Waals surface area contributed by atoms with E-state index >= 15 is 0 Å². The number of fused-ring (bicyclic) bond motifs is 1. The van der Waals surface area contributed by atoms with Crippen molar-refractivity contribution >= 4 is 17.5 Å². The molecule has 18 heavy (non-hydrogen) atoms. The van der Waals surface area contributed by atoms with Crippen LogP contribution in [0.15, 0.2) is 11.2 Å². The van der Waals surface area contributed by atoms with Crippen molar-refractivity contribution in [2.45, 2.75) is 37.1 Å². The van der Waals surface area contributed by atoms with Crippen LogP contribution in [0.25, 0.3) is 5.78 Å². The summed E-state index contributed by atoms with van der Waals surface area (Å²) in [6.07, 6.45) is 2.30. The first-order chi connectivity index (χ1) is 8.72. The van der Waals surface area contributed by atoms with Crippen LogP contribution >= 0.6 is 11.8 Å². The molecule has 1 aliphatic rings. The molecule has 2 aromatic heterocycles. The van der Waals surface area contributed by atoms with Crippen LogP contribution in [-0.4, -0.2) is 38.0 Å². The minimum absolute atomic E-state index is 0.470. The van der Waals surface area contributed by atoms with Gasteiger partial charge in [0.15, 0.2) is 0 Å². The lowest BCUT2D eigenvalue weighted by Crippen LogP contribution is -2.19. The van der Waals surface area contributed by atoms with Gasteiger partial charge in [-0.05, 0) is 32.8 Å². The first-order valence-corrected chi connectivity index (χ1v) is 7.06. The number of rotatable bonds is 2. The summed E-state index contributed by atoms with van der Waals surface area (Å²) in [4.78, 5) is 8.87. The number of hydrogen-bond acceptors (Lipinski definition) is 5. The van der Waals surface area contributed by atoms with Crippen molar-refractivity contribution in [3.05, 3.63) is 17.5 Å². The van der Waals surface area contributed by atoms with E-state index in [-0.39, 0.29) is 0 Å². The first-order valence-electron chi connectivity index (χ1n) is 6.18. The Morgan fingerprint density at radius 3 is 3.06 bits per heavy atom. The third kappa shape index (κ3) is 2.35. The second kappa shape index (κ2) is 4.85. The van der Waals surface area contributed by atoms with Crippen LogP contribution in [0.1, 0.15) is 24.2 Å². The largest absolute Gasteiger partial charge is 0.380 e. The molecule has 1 saturated heterocycles. The van der Waals surface area contributed by atoms with Gasteiger partial charge in [-0.3, -0.25) is 0 Å². The highest BCUT2D eigenvalue weighted by atomic mass is 32.2. The number of nitrogens with zero attached hydrogens (tertiary/aromatic N) is 4. The molecule has 3 rings (SSSR count). The SMILES string of the molecule is Cc1cc(C)n2nc(S[C@H]3CCCOC3)nc2n1. The minimum Gasteiger partial charge on any atom is -0.380 e. The van der Waals surface area contributed by atoms with Crippen LogP contribution in [0.3, 0.4) is 0 Å². The predicted molar refractivity (Wildman–Crippen MR) is 70.0 cm³/mol. The average molecular weight is 264 g/mol. The maximum atomic E-state index is 5.47. The number of aromatic nitrogens is 4. The molecule has 1 atom stereocenters. The van der Waals surface area contributed by atoms with Crippen molar-refractivity contribution in [1.29, 1.82) is 0 Å². The molecule has 0 N–H and O–H groups in total. The zero-order chi connectivity index (χ0) is 12.5. The van der Waals surface area contributed by atoms with Crippen LogP contribution in [0.5, 0.6) is 0 Å². The molecule has 6 heteroatoms. The molecule has 2 aromatic rings. The Morgan fingerprint density at radius 2 is 2.28 bits per heavy atom. The highest BCUT2D eigenvalue weighted by Gasteiger charge is 2.18. The summed E-state index contributed by atoms with van der Waals surface area (Å²) in [5.74, 6) is 0.687. The van der Waals surface area contributed by atoms with Gasteiger partial charge in [-0.2, -0.15) is 4.98 Å². The first kappa shape index (κ1) is 11.9. The molecule has 0 spiro atoms. The molecule has 0 radical (unpaired) electrons. The summed E-state index contributed by atoms with van der Waals surface area (Å²) < 4.78 is 7.28. The van der Waals surface area contributed by atoms with Crippen LogP contribution < -0.4 is 0 Å². The normalized spacial score (nSPS) is 20.4. The molecule has 0 saturated carbocycles. The van der Waals surface area contributed by atoms with E-state index in [1.54, 1.807) is 16.3 Å². The highest BCUT2D eigenvalue weighted by molar-refractivity contribution is 7.99. The Morgan fingerprint density at radius 1 is 1.39 bits per heavy atom. The van der Waals surface area contributed by atoms with E-state index in [9.17, 15) is 0 Å². The van der Waals surface area contributed by atoms with Crippen molar-refractivity contribution in [1.82, 2.24) is 19.6 Å². The van der Waals surface area contributed by atoms with E-state index in [0.717, 1.165) is 36.2 Å². The van der Waals surface area contributed by atoms with Crippen LogP contribution in [-0.2, 0) is 4.74 Å². The van der Waals surface area contributed by atoms with Gasteiger partial charge in [-0.25, -0.2) is 9.50 Å². The number of hydrogen-bond donors (Lipinski definition) is 0. The summed E-state index contributed by atoms with van der Waals surface area (Å²) >= 11 is 1.70. The van der Waals surface area contributed by atoms with Crippen LogP contribution in [0.2, 0.25) is 0 Å². The summed E-state index contributed by atoms with van der Waals surface area (Å²) in [5.41, 5.74) is 2.04. The molecule has 96 valence electrons. The van der Waals surface area contributed by atoms with Gasteiger partial charge in [-0.15, -0.1) is 5.10 Å². The predicted octanol–water partition coefficient (Wildman–Crippen LogP) is 2.01. The lowest BCUT2D eigenvalue weighted by Gasteiger charge is -2.19. The fourth-order valence-corrected chi connectivity index (χ4v) is 3.16. The van der Waals surface area contributed by atoms with Gasteiger partial charge >= 0.3 is 0 Å². The summed E-state index contributed by atoms with van der Waals surface area (Å²) in [6.45, 7) is 5.68. The highest BCUT2D eigenvalue weighted by Crippen LogP contribution is 2.26. The van der Waals surface area contributed by atoms with Crippen LogP contribution in [0.4, 0.5) is 0 Å². The molecule has 1 aliphatic heterocycles. The van der Waals surface area contributed by atoms with E-state index in [4.69, 9.17) is 4.74 Å². The van der Waals surface area contributed by atoms with Crippen molar-refractivity contribution < 1.29 is 4.74 Å². The number of thioether (sulfide) groups is 1. The van der Waals surface area contributed by atoms with Crippen molar-refractivity contribution in [2.75, 3.05) is 13.2 Å². The van der Waals surface area contributed by atoms with Gasteiger partial charge < -0.3 is 4.74 Å². The Bertz CT molecular complexity index is 562. The van der Waals surface area contributed by atoms with Crippen molar-refractivity contribution in [2.24, 2.45) is 0 Å². The standard InChI is InChI=1S/C12H16N4OS/c1-8-6-9(2)16-11(13-8)14-12(15-16)18-10-4-3-5-17-7-10/h6,10H,3-5,7H2,1-2H3/t10-/m0/s1. The monoisotopic (exact) mass is 264 g/mol. The Balaban J connectivity index is 1.86. The summed E-state index contributed by atoms with van der Waals surface area (Å²) in [5, 5.41) is 5.77. The molecule has 0 aliphatic carbocycles. The fourth-order valence-electron chi connectivity index (χ4n) is 2.15. The lowest BCUT2D eigenvalue weighted by atomic mass is 10.2. The van der Waals surface area contributed by atoms with Crippen molar-refractivity contribution in [3.63, 3.8) is 0 Å². The molecule has 1 fully saturated rings. The third-order valence-electron chi connectivity index (χ3n) is 2.99. The number of aryl methyl sites for hydroxylation is 2. The molecular weight excluding hydrogens is 248 g/mol. The third-order valence-corrected chi connectivity index (χ3v) is 4.08. The van der Waals surface area contributed by atoms with E-state index < -0.39 is 0 Å². The Hall–Kier alpha value is -1.14. The van der Waals surface area contributed by atoms with Gasteiger partial charge in [0.05, 0.1) is 6.61 Å². The van der Waals surface area contributed by atoms with Gasteiger partial charge in [-0.1, -0.05) is 11.8 Å². The zero-order valence-electron chi connectivity index (χ0n) is 10.6. The maximum Gasteiger partial charge on any atom is 0.253 e. The summed E-state index contributed by atoms with van der Waals surface area (Å²) in [6, 6.07) is 2.01. The van der Waals surface area contributed by atoms with Gasteiger partial charge in [0, 0.05) is 23.2 Å². The minimum atomic E-state index is 0.470. The smallest absolute Gasteiger partial charge is 0.253 e. The quantitative estimate of drug-likeness (QED) is 0.830. The van der Waals surface area contributed by atoms with E-state index in [2.05, 4.69) is 15.1 Å². The van der Waals surface area contributed by atoms with E-state index in [0.29, 0.717) is 11.0 Å². The van der Waals surface area contributed by atoms with Crippen molar-refractivity contribution in [3.8, 4) is 0 Å². The molecule has 5 nitrogen and oxygen atoms in total. The second-order valence-electron chi connectivity index (χ2n) is 4.60. The summed E-state index contributed by atoms with van der Waals surface area (Å²) in [7, 11) is 0. The maximum absolute atomic E-state index is 5.47. The average Bonchev–Trinajstić information content (AvgIpc) is 2.73. The van der Waals surface area contributed by atoms with E-state index in [1.807, 2.05) is 19.9 Å². The zero-order valence-corrected chi connectivity index (χ0v) is 11.4. The van der Waals surface area contributed by atoms with Gasteiger partial charge in [0.2, 0.25) is 5.16 Å². The number of ether oxygens (including phenoxy) is 1. The molecular formula is C12H16N4OS. The molecule has 0 bridgehead atoms. The van der Waals surface area contributed by atoms with Crippen LogP contribution in [0, 0.1) is 13.8 Å². The second-order valence-corrected chi connectivity index (χ2v) is 5.87. The van der Waals surface area contributed by atoms with Gasteiger partial charge in [0.25, 0.3) is 5.78 Å². The van der Waals surface area contributed by atoms with E-state index in [1.165, 1.54) is 6.42 Å². The van der Waals surface area contributed by atoms with Gasteiger partial charge in [0.1, 0.15) is 0 Å². The molecule has 0 amide bonds. The molecule has 3 heterocycles.